The molecule has 1 saturated carbocycles. The largest absolute Gasteiger partial charge is 0.334 e. The van der Waals surface area contributed by atoms with E-state index in [1.54, 1.807) is 11.0 Å². The monoisotopic (exact) mass is 272 g/mol. The molecule has 3 rings (SSSR count). The summed E-state index contributed by atoms with van der Waals surface area (Å²) in [5.74, 6) is 0.550. The van der Waals surface area contributed by atoms with Gasteiger partial charge in [0.2, 0.25) is 0 Å². The highest BCUT2D eigenvalue weighted by atomic mass is 16.2. The van der Waals surface area contributed by atoms with Crippen LogP contribution in [0.2, 0.25) is 0 Å². The van der Waals surface area contributed by atoms with Crippen molar-refractivity contribution in [2.24, 2.45) is 5.92 Å². The topological polar surface area (TPSA) is 59.0 Å². The van der Waals surface area contributed by atoms with Gasteiger partial charge in [0.25, 0.3) is 0 Å². The molecule has 106 valence electrons. The maximum absolute atomic E-state index is 12.1. The highest BCUT2D eigenvalue weighted by Crippen LogP contribution is 2.23. The molecule has 1 aromatic carbocycles. The number of hydrogen-bond acceptors (Lipinski definition) is 2. The first-order valence-corrected chi connectivity index (χ1v) is 7.23. The molecule has 5 nitrogen and oxygen atoms in total. The average Bonchev–Trinajstić information content (AvgIpc) is 2.85. The summed E-state index contributed by atoms with van der Waals surface area (Å²) in [5, 5.41) is 3.07. The van der Waals surface area contributed by atoms with E-state index >= 15 is 0 Å². The van der Waals surface area contributed by atoms with Gasteiger partial charge in [0.05, 0.1) is 11.0 Å². The van der Waals surface area contributed by atoms with Crippen LogP contribution in [0.4, 0.5) is 4.79 Å². The Morgan fingerprint density at radius 1 is 1.30 bits per heavy atom. The van der Waals surface area contributed by atoms with Crippen molar-refractivity contribution in [2.45, 2.75) is 38.6 Å². The molecule has 2 atom stereocenters. The maximum Gasteiger partial charge on any atom is 0.334 e. The number of hydrogen-bond donors (Lipinski definition) is 2. The number of carbonyl (C=O) groups excluding carboxylic acids is 1. The standard InChI is InChI=1S/C15H20N4O/c1-11-6-2-3-7-12(11)17-15(20)18-19-10-16-13-8-4-5-9-14(13)19/h4-5,8-12H,2-3,6-7H2,1H3,(H2,17,18,20)/t11-,12-/m1/s1. The lowest BCUT2D eigenvalue weighted by molar-refractivity contribution is 0.230. The summed E-state index contributed by atoms with van der Waals surface area (Å²) >= 11 is 0. The van der Waals surface area contributed by atoms with Gasteiger partial charge in [-0.25, -0.2) is 19.9 Å². The Morgan fingerprint density at radius 3 is 2.95 bits per heavy atom. The van der Waals surface area contributed by atoms with Gasteiger partial charge >= 0.3 is 6.03 Å². The summed E-state index contributed by atoms with van der Waals surface area (Å²) in [4.78, 5) is 16.4. The smallest absolute Gasteiger partial charge is 0.334 e. The molecule has 1 heterocycles. The van der Waals surface area contributed by atoms with Crippen LogP contribution in [0.3, 0.4) is 0 Å². The van der Waals surface area contributed by atoms with Gasteiger partial charge in [-0.2, -0.15) is 0 Å². The minimum Gasteiger partial charge on any atom is -0.334 e. The Balaban J connectivity index is 1.66. The number of fused-ring (bicyclic) bond motifs is 1. The summed E-state index contributed by atoms with van der Waals surface area (Å²) in [5.41, 5.74) is 4.61. The number of rotatable bonds is 2. The summed E-state index contributed by atoms with van der Waals surface area (Å²) in [6.07, 6.45) is 6.36. The van der Waals surface area contributed by atoms with E-state index in [0.29, 0.717) is 5.92 Å². The number of nitrogens with one attached hydrogen (secondary N) is 2. The van der Waals surface area contributed by atoms with Crippen LogP contribution in [-0.4, -0.2) is 21.7 Å². The fraction of sp³-hybridized carbons (Fsp3) is 0.467. The minimum absolute atomic E-state index is 0.160. The predicted molar refractivity (Wildman–Crippen MR) is 79.0 cm³/mol. The third kappa shape index (κ3) is 2.61. The lowest BCUT2D eigenvalue weighted by atomic mass is 9.86. The second-order valence-electron chi connectivity index (χ2n) is 5.56. The van der Waals surface area contributed by atoms with Gasteiger partial charge in [0.1, 0.15) is 6.33 Å². The first kappa shape index (κ1) is 13.0. The molecule has 20 heavy (non-hydrogen) atoms. The predicted octanol–water partition coefficient (Wildman–Crippen LogP) is 2.87. The number of amides is 2. The van der Waals surface area contributed by atoms with Crippen LogP contribution in [0.25, 0.3) is 11.0 Å². The van der Waals surface area contributed by atoms with Crippen LogP contribution in [0.15, 0.2) is 30.6 Å². The molecule has 0 radical (unpaired) electrons. The van der Waals surface area contributed by atoms with E-state index in [1.165, 1.54) is 19.3 Å². The lowest BCUT2D eigenvalue weighted by Gasteiger charge is -2.29. The van der Waals surface area contributed by atoms with Crippen molar-refractivity contribution >= 4 is 17.1 Å². The Bertz CT molecular complexity index is 607. The molecule has 2 amide bonds. The molecule has 0 saturated heterocycles. The lowest BCUT2D eigenvalue weighted by Crippen LogP contribution is -2.45. The third-order valence-electron chi connectivity index (χ3n) is 4.10. The van der Waals surface area contributed by atoms with Crippen molar-refractivity contribution in [1.29, 1.82) is 0 Å². The Kier molecular flexibility index (Phi) is 3.58. The van der Waals surface area contributed by atoms with Gasteiger partial charge in [0.15, 0.2) is 0 Å². The molecule has 2 aromatic rings. The zero-order valence-corrected chi connectivity index (χ0v) is 11.7. The first-order valence-electron chi connectivity index (χ1n) is 7.23. The summed E-state index contributed by atoms with van der Waals surface area (Å²) in [6, 6.07) is 7.85. The van der Waals surface area contributed by atoms with Gasteiger partial charge in [-0.3, -0.25) is 0 Å². The zero-order chi connectivity index (χ0) is 13.9. The number of imidazole rings is 1. The van der Waals surface area contributed by atoms with Crippen LogP contribution >= 0.6 is 0 Å². The molecule has 1 aromatic heterocycles. The molecule has 1 aliphatic carbocycles. The number of nitrogens with zero attached hydrogens (tertiary/aromatic N) is 2. The fourth-order valence-corrected chi connectivity index (χ4v) is 2.89. The van der Waals surface area contributed by atoms with Crippen LogP contribution in [0.1, 0.15) is 32.6 Å². The molecule has 1 aliphatic rings. The first-order chi connectivity index (χ1) is 9.74. The number of benzene rings is 1. The second-order valence-corrected chi connectivity index (χ2v) is 5.56. The number of carbonyl (C=O) groups is 1. The van der Waals surface area contributed by atoms with Crippen molar-refractivity contribution in [2.75, 3.05) is 5.43 Å². The Morgan fingerprint density at radius 2 is 2.10 bits per heavy atom. The number of urea groups is 1. The maximum atomic E-state index is 12.1. The highest BCUT2D eigenvalue weighted by molar-refractivity contribution is 5.85. The van der Waals surface area contributed by atoms with Crippen molar-refractivity contribution in [3.05, 3.63) is 30.6 Å². The Labute approximate surface area is 118 Å². The van der Waals surface area contributed by atoms with E-state index in [9.17, 15) is 4.79 Å². The van der Waals surface area contributed by atoms with Crippen molar-refractivity contribution in [1.82, 2.24) is 15.0 Å². The van der Waals surface area contributed by atoms with Gasteiger partial charge in [-0.05, 0) is 30.9 Å². The van der Waals surface area contributed by atoms with Crippen molar-refractivity contribution in [3.63, 3.8) is 0 Å². The molecule has 0 spiro atoms. The van der Waals surface area contributed by atoms with Crippen molar-refractivity contribution < 1.29 is 4.79 Å². The van der Waals surface area contributed by atoms with Crippen molar-refractivity contribution in [3.8, 4) is 0 Å². The van der Waals surface area contributed by atoms with Gasteiger partial charge in [0, 0.05) is 6.04 Å². The van der Waals surface area contributed by atoms with E-state index in [2.05, 4.69) is 22.7 Å². The van der Waals surface area contributed by atoms with E-state index < -0.39 is 0 Å². The van der Waals surface area contributed by atoms with Crippen LogP contribution in [0, 0.1) is 5.92 Å². The van der Waals surface area contributed by atoms with Gasteiger partial charge < -0.3 is 5.32 Å². The number of para-hydroxylation sites is 2. The fourth-order valence-electron chi connectivity index (χ4n) is 2.89. The molecule has 5 heteroatoms. The molecule has 0 unspecified atom stereocenters. The van der Waals surface area contributed by atoms with E-state index in [4.69, 9.17) is 0 Å². The molecule has 2 N–H and O–H groups in total. The van der Waals surface area contributed by atoms with E-state index in [1.807, 2.05) is 24.3 Å². The molecule has 0 bridgehead atoms. The highest BCUT2D eigenvalue weighted by Gasteiger charge is 2.22. The average molecular weight is 272 g/mol. The minimum atomic E-state index is -0.160. The second kappa shape index (κ2) is 5.53. The summed E-state index contributed by atoms with van der Waals surface area (Å²) in [7, 11) is 0. The Hall–Kier alpha value is -2.04. The molecular formula is C15H20N4O. The van der Waals surface area contributed by atoms with Crippen LogP contribution < -0.4 is 10.7 Å². The quantitative estimate of drug-likeness (QED) is 0.883. The van der Waals surface area contributed by atoms with Crippen LogP contribution in [0.5, 0.6) is 0 Å². The van der Waals surface area contributed by atoms with E-state index in [-0.39, 0.29) is 12.1 Å². The van der Waals surface area contributed by atoms with E-state index in [0.717, 1.165) is 17.5 Å². The number of aromatic nitrogens is 2. The zero-order valence-electron chi connectivity index (χ0n) is 11.7. The van der Waals surface area contributed by atoms with Crippen LogP contribution in [-0.2, 0) is 0 Å². The third-order valence-corrected chi connectivity index (χ3v) is 4.10. The summed E-state index contributed by atoms with van der Waals surface area (Å²) < 4.78 is 1.66. The molecular weight excluding hydrogens is 252 g/mol. The SMILES string of the molecule is C[C@@H]1CCCC[C@H]1NC(=O)Nn1cnc2ccccc21. The summed E-state index contributed by atoms with van der Waals surface area (Å²) in [6.45, 7) is 2.21. The molecule has 0 aliphatic heterocycles. The normalized spacial score (nSPS) is 22.6. The van der Waals surface area contributed by atoms with Gasteiger partial charge in [-0.1, -0.05) is 31.9 Å². The van der Waals surface area contributed by atoms with Gasteiger partial charge in [-0.15, -0.1) is 0 Å². The molecule has 1 fully saturated rings.